The third kappa shape index (κ3) is 4.26. The summed E-state index contributed by atoms with van der Waals surface area (Å²) in [5, 5.41) is 4.50. The molecule has 2 N–H and O–H groups in total. The van der Waals surface area contributed by atoms with E-state index in [0.29, 0.717) is 11.2 Å². The molecule has 8 heteroatoms. The van der Waals surface area contributed by atoms with Gasteiger partial charge in [0, 0.05) is 11.1 Å². The number of aryl methyl sites for hydroxylation is 1. The van der Waals surface area contributed by atoms with Gasteiger partial charge in [0.1, 0.15) is 0 Å². The highest BCUT2D eigenvalue weighted by atomic mass is 32.2. The van der Waals surface area contributed by atoms with Crippen molar-refractivity contribution in [3.05, 3.63) is 84.4 Å². The normalized spacial score (nSPS) is 11.8. The summed E-state index contributed by atoms with van der Waals surface area (Å²) in [7, 11) is -3.79. The van der Waals surface area contributed by atoms with Crippen LogP contribution in [-0.2, 0) is 14.8 Å². The van der Waals surface area contributed by atoms with Crippen molar-refractivity contribution in [2.75, 3.05) is 11.9 Å². The van der Waals surface area contributed by atoms with Gasteiger partial charge in [0.2, 0.25) is 15.9 Å². The number of carbonyl (C=O) groups is 1. The second-order valence-electron chi connectivity index (χ2n) is 7.77. The molecular weight excluding hydrogens is 436 g/mol. The number of hydrogen-bond acceptors (Lipinski definition) is 5. The van der Waals surface area contributed by atoms with Gasteiger partial charge in [-0.2, -0.15) is 0 Å². The lowest BCUT2D eigenvalue weighted by Gasteiger charge is -2.11. The summed E-state index contributed by atoms with van der Waals surface area (Å²) in [5.41, 5.74) is 4.60. The number of nitrogens with one attached hydrogen (secondary N) is 2. The highest BCUT2D eigenvalue weighted by molar-refractivity contribution is 7.89. The molecule has 5 rings (SSSR count). The number of benzene rings is 4. The minimum absolute atomic E-state index is 0.114. The van der Waals surface area contributed by atoms with E-state index in [2.05, 4.69) is 20.0 Å². The Balaban J connectivity index is 1.41. The molecule has 0 atom stereocenters. The lowest BCUT2D eigenvalue weighted by Crippen LogP contribution is -2.32. The summed E-state index contributed by atoms with van der Waals surface area (Å²) < 4.78 is 27.3. The number of para-hydroxylation sites is 2. The van der Waals surface area contributed by atoms with Crippen LogP contribution in [0.2, 0.25) is 0 Å². The molecule has 4 aromatic carbocycles. The zero-order chi connectivity index (χ0) is 23.0. The summed E-state index contributed by atoms with van der Waals surface area (Å²) in [6.07, 6.45) is 0. The lowest BCUT2D eigenvalue weighted by molar-refractivity contribution is -0.115. The predicted octanol–water partition coefficient (Wildman–Crippen LogP) is 4.16. The summed E-state index contributed by atoms with van der Waals surface area (Å²) >= 11 is 0. The van der Waals surface area contributed by atoms with E-state index < -0.39 is 15.9 Å². The number of nitrogens with zero attached hydrogens (tertiary/aromatic N) is 2. The second kappa shape index (κ2) is 8.23. The van der Waals surface area contributed by atoms with Crippen molar-refractivity contribution in [3.63, 3.8) is 0 Å². The summed E-state index contributed by atoms with van der Waals surface area (Å²) in [5.74, 6) is -0.470. The van der Waals surface area contributed by atoms with Crippen LogP contribution >= 0.6 is 0 Å². The number of hydrogen-bond donors (Lipinski definition) is 2. The number of carbonyl (C=O) groups excluding carboxylic acids is 1. The van der Waals surface area contributed by atoms with Crippen molar-refractivity contribution < 1.29 is 13.2 Å². The van der Waals surface area contributed by atoms with Crippen LogP contribution < -0.4 is 10.0 Å². The van der Waals surface area contributed by atoms with E-state index in [1.807, 2.05) is 55.5 Å². The molecule has 0 aliphatic carbocycles. The van der Waals surface area contributed by atoms with Gasteiger partial charge in [-0.05, 0) is 54.8 Å². The van der Waals surface area contributed by atoms with Crippen molar-refractivity contribution in [3.8, 4) is 0 Å². The maximum Gasteiger partial charge on any atom is 0.241 e. The van der Waals surface area contributed by atoms with Crippen LogP contribution in [0.5, 0.6) is 0 Å². The van der Waals surface area contributed by atoms with Gasteiger partial charge >= 0.3 is 0 Å². The average molecular weight is 457 g/mol. The van der Waals surface area contributed by atoms with Crippen molar-refractivity contribution in [1.29, 1.82) is 0 Å². The molecule has 0 aliphatic heterocycles. The molecule has 0 unspecified atom stereocenters. The summed E-state index contributed by atoms with van der Waals surface area (Å²) in [6.45, 7) is 1.49. The molecule has 7 nitrogen and oxygen atoms in total. The fourth-order valence-electron chi connectivity index (χ4n) is 3.66. The minimum atomic E-state index is -3.79. The van der Waals surface area contributed by atoms with Crippen molar-refractivity contribution in [2.24, 2.45) is 0 Å². The van der Waals surface area contributed by atoms with E-state index in [9.17, 15) is 13.2 Å². The Morgan fingerprint density at radius 2 is 1.48 bits per heavy atom. The predicted molar refractivity (Wildman–Crippen MR) is 130 cm³/mol. The number of amides is 1. The molecular formula is C25H20N4O3S. The molecule has 0 radical (unpaired) electrons. The van der Waals surface area contributed by atoms with E-state index in [0.717, 1.165) is 32.9 Å². The van der Waals surface area contributed by atoms with Gasteiger partial charge in [-0.1, -0.05) is 42.0 Å². The zero-order valence-corrected chi connectivity index (χ0v) is 18.6. The fourth-order valence-corrected chi connectivity index (χ4v) is 4.64. The Bertz CT molecular complexity index is 1630. The quantitative estimate of drug-likeness (QED) is 0.387. The molecule has 0 bridgehead atoms. The first-order valence-electron chi connectivity index (χ1n) is 10.3. The minimum Gasteiger partial charge on any atom is -0.324 e. The summed E-state index contributed by atoms with van der Waals surface area (Å²) in [4.78, 5) is 22.0. The van der Waals surface area contributed by atoms with Gasteiger partial charge < -0.3 is 5.32 Å². The molecule has 0 aliphatic rings. The Labute approximate surface area is 190 Å². The molecule has 33 heavy (non-hydrogen) atoms. The van der Waals surface area contributed by atoms with Crippen LogP contribution in [0, 0.1) is 6.92 Å². The van der Waals surface area contributed by atoms with Crippen LogP contribution in [0.3, 0.4) is 0 Å². The highest BCUT2D eigenvalue weighted by Gasteiger charge is 2.16. The lowest BCUT2D eigenvalue weighted by atomic mass is 10.1. The van der Waals surface area contributed by atoms with Gasteiger partial charge in [-0.25, -0.2) is 23.1 Å². The smallest absolute Gasteiger partial charge is 0.241 e. The monoisotopic (exact) mass is 456 g/mol. The van der Waals surface area contributed by atoms with Crippen molar-refractivity contribution in [1.82, 2.24) is 14.7 Å². The first-order valence-corrected chi connectivity index (χ1v) is 11.8. The standard InChI is InChI=1S/C25H20N4O3S/c1-16-9-11-18(12-10-16)33(31,32)26-15-25(30)29-20-8-4-5-17-13-23-24(14-19(17)20)28-22-7-3-2-6-21(22)27-23/h2-14,26H,15H2,1H3,(H,29,30). The van der Waals surface area contributed by atoms with E-state index in [1.54, 1.807) is 18.2 Å². The van der Waals surface area contributed by atoms with Crippen LogP contribution in [0.1, 0.15) is 5.56 Å². The number of anilines is 1. The van der Waals surface area contributed by atoms with Gasteiger partial charge in [0.25, 0.3) is 0 Å². The molecule has 0 saturated carbocycles. The molecule has 1 aromatic heterocycles. The topological polar surface area (TPSA) is 101 Å². The molecule has 0 fully saturated rings. The maximum absolute atomic E-state index is 12.6. The molecule has 0 saturated heterocycles. The van der Waals surface area contributed by atoms with Gasteiger partial charge in [0.05, 0.1) is 33.5 Å². The number of aromatic nitrogens is 2. The SMILES string of the molecule is Cc1ccc(S(=O)(=O)NCC(=O)Nc2cccc3cc4nc5ccccc5nc4cc23)cc1. The number of fused-ring (bicyclic) bond motifs is 3. The largest absolute Gasteiger partial charge is 0.324 e. The Hall–Kier alpha value is -3.88. The number of rotatable bonds is 5. The average Bonchev–Trinajstić information content (AvgIpc) is 2.81. The fraction of sp³-hybridized carbons (Fsp3) is 0.0800. The van der Waals surface area contributed by atoms with E-state index in [1.165, 1.54) is 12.1 Å². The van der Waals surface area contributed by atoms with E-state index in [4.69, 9.17) is 0 Å². The Morgan fingerprint density at radius 1 is 0.818 bits per heavy atom. The van der Waals surface area contributed by atoms with Crippen LogP contribution in [0.25, 0.3) is 32.8 Å². The summed E-state index contributed by atoms with van der Waals surface area (Å²) in [6, 6.07) is 23.4. The Kier molecular flexibility index (Phi) is 5.24. The van der Waals surface area contributed by atoms with Crippen LogP contribution in [0.4, 0.5) is 5.69 Å². The molecule has 164 valence electrons. The third-order valence-corrected chi connectivity index (χ3v) is 6.78. The Morgan fingerprint density at radius 3 is 2.18 bits per heavy atom. The van der Waals surface area contributed by atoms with Gasteiger partial charge in [-0.3, -0.25) is 4.79 Å². The zero-order valence-electron chi connectivity index (χ0n) is 17.7. The number of sulfonamides is 1. The third-order valence-electron chi connectivity index (χ3n) is 5.37. The van der Waals surface area contributed by atoms with E-state index in [-0.39, 0.29) is 11.4 Å². The molecule has 0 spiro atoms. The maximum atomic E-state index is 12.6. The van der Waals surface area contributed by atoms with Crippen molar-refractivity contribution >= 4 is 54.5 Å². The molecule has 1 heterocycles. The van der Waals surface area contributed by atoms with Crippen molar-refractivity contribution in [2.45, 2.75) is 11.8 Å². The van der Waals surface area contributed by atoms with Crippen LogP contribution in [0.15, 0.2) is 83.8 Å². The van der Waals surface area contributed by atoms with E-state index >= 15 is 0 Å². The first-order chi connectivity index (χ1) is 15.9. The molecule has 1 amide bonds. The van der Waals surface area contributed by atoms with Crippen LogP contribution in [-0.4, -0.2) is 30.8 Å². The second-order valence-corrected chi connectivity index (χ2v) is 9.53. The van der Waals surface area contributed by atoms with Gasteiger partial charge in [-0.15, -0.1) is 0 Å². The molecule has 5 aromatic rings. The highest BCUT2D eigenvalue weighted by Crippen LogP contribution is 2.28. The first kappa shape index (κ1) is 21.0. The van der Waals surface area contributed by atoms with Gasteiger partial charge in [0.15, 0.2) is 0 Å².